The Balaban J connectivity index is 1.72. The second kappa shape index (κ2) is 7.17. The number of thiophene rings is 1. The number of ether oxygens (including phenoxy) is 1. The van der Waals surface area contributed by atoms with E-state index < -0.39 is 11.9 Å². The molecule has 2 aromatic carbocycles. The normalized spacial score (nSPS) is 12.0. The van der Waals surface area contributed by atoms with Crippen LogP contribution in [0.1, 0.15) is 18.4 Å². The van der Waals surface area contributed by atoms with E-state index in [9.17, 15) is 9.90 Å². The SMILES string of the molecule is CC(C(=O)[O-])c1ccc(Oc2nc3ccccc3nc2-c2cccs2)cc1. The molecule has 4 aromatic rings. The Morgan fingerprint density at radius 2 is 1.70 bits per heavy atom. The summed E-state index contributed by atoms with van der Waals surface area (Å²) in [6.07, 6.45) is 0. The molecular formula is C21H15N2O3S-. The van der Waals surface area contributed by atoms with Crippen molar-refractivity contribution in [1.82, 2.24) is 9.97 Å². The van der Waals surface area contributed by atoms with Gasteiger partial charge in [0.1, 0.15) is 11.4 Å². The van der Waals surface area contributed by atoms with Gasteiger partial charge in [0, 0.05) is 11.9 Å². The van der Waals surface area contributed by atoms with E-state index in [4.69, 9.17) is 9.72 Å². The number of rotatable bonds is 5. The van der Waals surface area contributed by atoms with Crippen LogP contribution in [0.2, 0.25) is 0 Å². The van der Waals surface area contributed by atoms with Crippen LogP contribution in [0.25, 0.3) is 21.6 Å². The van der Waals surface area contributed by atoms with Crippen molar-refractivity contribution in [2.75, 3.05) is 0 Å². The van der Waals surface area contributed by atoms with Crippen LogP contribution >= 0.6 is 11.3 Å². The number of carbonyl (C=O) groups is 1. The third kappa shape index (κ3) is 3.52. The molecule has 2 heterocycles. The van der Waals surface area contributed by atoms with Crippen molar-refractivity contribution in [1.29, 1.82) is 0 Å². The van der Waals surface area contributed by atoms with Gasteiger partial charge in [0.25, 0.3) is 0 Å². The first-order valence-corrected chi connectivity index (χ1v) is 9.29. The number of carboxylic acids is 1. The summed E-state index contributed by atoms with van der Waals surface area (Å²) in [5.74, 6) is -0.811. The molecule has 0 bridgehead atoms. The molecule has 0 radical (unpaired) electrons. The van der Waals surface area contributed by atoms with E-state index in [0.29, 0.717) is 22.9 Å². The standard InChI is InChI=1S/C21H16N2O3S/c1-13(21(24)25)14-8-10-15(11-9-14)26-20-19(18-7-4-12-27-18)22-16-5-2-3-6-17(16)23-20/h2-13H,1H3,(H,24,25)/p-1. The molecule has 0 aliphatic rings. The van der Waals surface area contributed by atoms with Gasteiger partial charge in [-0.3, -0.25) is 0 Å². The molecule has 0 fully saturated rings. The van der Waals surface area contributed by atoms with E-state index in [1.54, 1.807) is 42.5 Å². The van der Waals surface area contributed by atoms with Crippen molar-refractivity contribution in [2.45, 2.75) is 12.8 Å². The summed E-state index contributed by atoms with van der Waals surface area (Å²) in [6.45, 7) is 1.59. The van der Waals surface area contributed by atoms with Gasteiger partial charge in [-0.05, 0) is 41.3 Å². The summed E-state index contributed by atoms with van der Waals surface area (Å²) >= 11 is 1.56. The second-order valence-electron chi connectivity index (χ2n) is 6.06. The van der Waals surface area contributed by atoms with Crippen molar-refractivity contribution in [3.05, 3.63) is 71.6 Å². The Morgan fingerprint density at radius 1 is 1.00 bits per heavy atom. The lowest BCUT2D eigenvalue weighted by Crippen LogP contribution is -2.27. The highest BCUT2D eigenvalue weighted by Crippen LogP contribution is 2.34. The first kappa shape index (κ1) is 17.2. The molecule has 0 N–H and O–H groups in total. The van der Waals surface area contributed by atoms with E-state index in [2.05, 4.69) is 4.98 Å². The quantitative estimate of drug-likeness (QED) is 0.527. The molecule has 6 heteroatoms. The highest BCUT2D eigenvalue weighted by atomic mass is 32.1. The number of carboxylic acid groups (broad SMARTS) is 1. The number of hydrogen-bond acceptors (Lipinski definition) is 6. The van der Waals surface area contributed by atoms with Gasteiger partial charge in [0.2, 0.25) is 5.88 Å². The van der Waals surface area contributed by atoms with Crippen molar-refractivity contribution in [2.24, 2.45) is 0 Å². The molecule has 5 nitrogen and oxygen atoms in total. The molecule has 0 aliphatic heterocycles. The highest BCUT2D eigenvalue weighted by molar-refractivity contribution is 7.13. The summed E-state index contributed by atoms with van der Waals surface area (Å²) in [5, 5.41) is 13.0. The number of aliphatic carboxylic acids is 1. The summed E-state index contributed by atoms with van der Waals surface area (Å²) in [5.41, 5.74) is 2.88. The van der Waals surface area contributed by atoms with Gasteiger partial charge in [0.05, 0.1) is 15.9 Å². The van der Waals surface area contributed by atoms with Gasteiger partial charge in [-0.25, -0.2) is 9.97 Å². The third-order valence-corrected chi connectivity index (χ3v) is 5.12. The van der Waals surface area contributed by atoms with Crippen LogP contribution < -0.4 is 9.84 Å². The van der Waals surface area contributed by atoms with Gasteiger partial charge < -0.3 is 14.6 Å². The number of benzene rings is 2. The first-order valence-electron chi connectivity index (χ1n) is 8.41. The fraction of sp³-hybridized carbons (Fsp3) is 0.0952. The van der Waals surface area contributed by atoms with Crippen LogP contribution in [0.3, 0.4) is 0 Å². The van der Waals surface area contributed by atoms with Gasteiger partial charge >= 0.3 is 0 Å². The first-order chi connectivity index (χ1) is 13.1. The molecule has 0 saturated heterocycles. The Hall–Kier alpha value is -3.25. The highest BCUT2D eigenvalue weighted by Gasteiger charge is 2.15. The van der Waals surface area contributed by atoms with Crippen molar-refractivity contribution >= 4 is 28.3 Å². The lowest BCUT2D eigenvalue weighted by molar-refractivity contribution is -0.307. The molecular weight excluding hydrogens is 360 g/mol. The average Bonchev–Trinajstić information content (AvgIpc) is 3.22. The Morgan fingerprint density at radius 3 is 2.33 bits per heavy atom. The topological polar surface area (TPSA) is 75.1 Å². The number of para-hydroxylation sites is 2. The van der Waals surface area contributed by atoms with E-state index in [-0.39, 0.29) is 0 Å². The molecule has 0 saturated carbocycles. The zero-order valence-corrected chi connectivity index (χ0v) is 15.3. The van der Waals surface area contributed by atoms with Gasteiger partial charge in [-0.1, -0.05) is 37.3 Å². The number of aromatic nitrogens is 2. The van der Waals surface area contributed by atoms with Crippen LogP contribution in [-0.4, -0.2) is 15.9 Å². The van der Waals surface area contributed by atoms with Crippen LogP contribution in [0.4, 0.5) is 0 Å². The number of carbonyl (C=O) groups excluding carboxylic acids is 1. The molecule has 134 valence electrons. The van der Waals surface area contributed by atoms with Gasteiger partial charge in [0.15, 0.2) is 0 Å². The third-order valence-electron chi connectivity index (χ3n) is 4.24. The van der Waals surface area contributed by atoms with E-state index >= 15 is 0 Å². The van der Waals surface area contributed by atoms with Gasteiger partial charge in [-0.15, -0.1) is 11.3 Å². The predicted octanol–water partition coefficient (Wildman–Crippen LogP) is 4.00. The molecule has 0 spiro atoms. The van der Waals surface area contributed by atoms with Crippen LogP contribution in [0, 0.1) is 0 Å². The van der Waals surface area contributed by atoms with E-state index in [0.717, 1.165) is 15.9 Å². The Bertz CT molecular complexity index is 1090. The van der Waals surface area contributed by atoms with Crippen LogP contribution in [0.15, 0.2) is 66.0 Å². The molecule has 1 unspecified atom stereocenters. The van der Waals surface area contributed by atoms with Crippen molar-refractivity contribution in [3.63, 3.8) is 0 Å². The maximum absolute atomic E-state index is 11.0. The number of nitrogens with zero attached hydrogens (tertiary/aromatic N) is 2. The zero-order valence-electron chi connectivity index (χ0n) is 14.5. The minimum absolute atomic E-state index is 0.414. The van der Waals surface area contributed by atoms with Gasteiger partial charge in [-0.2, -0.15) is 0 Å². The Kier molecular flexibility index (Phi) is 4.56. The zero-order chi connectivity index (χ0) is 18.8. The largest absolute Gasteiger partial charge is 0.550 e. The lowest BCUT2D eigenvalue weighted by atomic mass is 10.0. The lowest BCUT2D eigenvalue weighted by Gasteiger charge is -2.14. The van der Waals surface area contributed by atoms with E-state index in [1.165, 1.54) is 0 Å². The molecule has 4 rings (SSSR count). The number of hydrogen-bond donors (Lipinski definition) is 0. The molecule has 0 amide bonds. The van der Waals surface area contributed by atoms with E-state index in [1.807, 2.05) is 41.8 Å². The second-order valence-corrected chi connectivity index (χ2v) is 7.00. The Labute approximate surface area is 159 Å². The predicted molar refractivity (Wildman–Crippen MR) is 103 cm³/mol. The maximum atomic E-state index is 11.0. The fourth-order valence-corrected chi connectivity index (χ4v) is 3.41. The molecule has 2 aromatic heterocycles. The fourth-order valence-electron chi connectivity index (χ4n) is 2.70. The maximum Gasteiger partial charge on any atom is 0.247 e. The number of fused-ring (bicyclic) bond motifs is 1. The monoisotopic (exact) mass is 375 g/mol. The summed E-state index contributed by atoms with van der Waals surface area (Å²) in [6, 6.07) is 18.4. The average molecular weight is 375 g/mol. The van der Waals surface area contributed by atoms with Crippen LogP contribution in [-0.2, 0) is 4.79 Å². The summed E-state index contributed by atoms with van der Waals surface area (Å²) < 4.78 is 6.01. The molecule has 1 atom stereocenters. The molecule has 0 aliphatic carbocycles. The smallest absolute Gasteiger partial charge is 0.247 e. The summed E-state index contributed by atoms with van der Waals surface area (Å²) in [4.78, 5) is 21.3. The van der Waals surface area contributed by atoms with Crippen LogP contribution in [0.5, 0.6) is 11.6 Å². The molecule has 27 heavy (non-hydrogen) atoms. The summed E-state index contributed by atoms with van der Waals surface area (Å²) in [7, 11) is 0. The minimum Gasteiger partial charge on any atom is -0.550 e. The van der Waals surface area contributed by atoms with Crippen molar-refractivity contribution < 1.29 is 14.6 Å². The minimum atomic E-state index is -1.11. The van der Waals surface area contributed by atoms with Crippen molar-refractivity contribution in [3.8, 4) is 22.2 Å².